The van der Waals surface area contributed by atoms with E-state index in [1.54, 1.807) is 18.2 Å². The first-order valence-electron chi connectivity index (χ1n) is 4.77. The Morgan fingerprint density at radius 2 is 1.94 bits per heavy atom. The zero-order chi connectivity index (χ0) is 12.2. The fourth-order valence-corrected chi connectivity index (χ4v) is 1.60. The summed E-state index contributed by atoms with van der Waals surface area (Å²) >= 11 is 0. The van der Waals surface area contributed by atoms with E-state index >= 15 is 0 Å². The van der Waals surface area contributed by atoms with Crippen LogP contribution in [0.1, 0.15) is 19.4 Å². The van der Waals surface area contributed by atoms with Crippen molar-refractivity contribution < 1.29 is 13.2 Å². The minimum Gasteiger partial charge on any atom is -0.490 e. The van der Waals surface area contributed by atoms with Gasteiger partial charge in [0.05, 0.1) is 6.10 Å². The van der Waals surface area contributed by atoms with Crippen molar-refractivity contribution in [2.24, 2.45) is 0 Å². The lowest BCUT2D eigenvalue weighted by atomic mass is 10.2. The molecule has 3 nitrogen and oxygen atoms in total. The molecule has 0 atom stereocenters. The van der Waals surface area contributed by atoms with E-state index in [1.165, 1.54) is 6.08 Å². The summed E-state index contributed by atoms with van der Waals surface area (Å²) in [6.07, 6.45) is 1.45. The van der Waals surface area contributed by atoms with Crippen LogP contribution in [0, 0.1) is 0 Å². The number of para-hydroxylation sites is 1. The SMILES string of the molecule is CC(C)Oc1ccccc1/C=C/S(=O)(=O)Cl. The molecule has 0 aliphatic rings. The lowest BCUT2D eigenvalue weighted by Crippen LogP contribution is -2.06. The summed E-state index contributed by atoms with van der Waals surface area (Å²) in [5.41, 5.74) is 0.681. The van der Waals surface area contributed by atoms with Crippen LogP contribution in [0.15, 0.2) is 29.7 Å². The summed E-state index contributed by atoms with van der Waals surface area (Å²) in [5.74, 6) is 0.633. The van der Waals surface area contributed by atoms with Crippen LogP contribution in [0.4, 0.5) is 0 Å². The standard InChI is InChI=1S/C11H13ClO3S/c1-9(2)15-11-6-4-3-5-10(11)7-8-16(12,13)14/h3-9H,1-2H3/b8-7+. The molecule has 0 bridgehead atoms. The van der Waals surface area contributed by atoms with E-state index in [2.05, 4.69) is 0 Å². The minimum absolute atomic E-state index is 0.0298. The van der Waals surface area contributed by atoms with Crippen molar-refractivity contribution in [3.63, 3.8) is 0 Å². The second-order valence-electron chi connectivity index (χ2n) is 3.48. The van der Waals surface area contributed by atoms with E-state index in [4.69, 9.17) is 15.4 Å². The number of rotatable bonds is 4. The van der Waals surface area contributed by atoms with Crippen LogP contribution < -0.4 is 4.74 Å². The van der Waals surface area contributed by atoms with Gasteiger partial charge in [-0.2, -0.15) is 0 Å². The van der Waals surface area contributed by atoms with Crippen LogP contribution in [0.25, 0.3) is 6.08 Å². The third kappa shape index (κ3) is 4.68. The summed E-state index contributed by atoms with van der Waals surface area (Å²) in [4.78, 5) is 0. The molecule has 1 rings (SSSR count). The second kappa shape index (κ2) is 5.37. The van der Waals surface area contributed by atoms with Gasteiger partial charge in [0, 0.05) is 21.7 Å². The van der Waals surface area contributed by atoms with Gasteiger partial charge >= 0.3 is 0 Å². The zero-order valence-corrected chi connectivity index (χ0v) is 10.6. The fourth-order valence-electron chi connectivity index (χ4n) is 1.13. The first kappa shape index (κ1) is 13.1. The molecule has 0 unspecified atom stereocenters. The predicted molar refractivity (Wildman–Crippen MR) is 66.0 cm³/mol. The zero-order valence-electron chi connectivity index (χ0n) is 9.05. The third-order valence-electron chi connectivity index (χ3n) is 1.69. The van der Waals surface area contributed by atoms with Gasteiger partial charge in [0.15, 0.2) is 0 Å². The van der Waals surface area contributed by atoms with Crippen molar-refractivity contribution in [3.8, 4) is 5.75 Å². The Morgan fingerprint density at radius 1 is 1.31 bits per heavy atom. The Bertz CT molecular complexity index is 478. The molecule has 5 heteroatoms. The van der Waals surface area contributed by atoms with Crippen molar-refractivity contribution in [2.45, 2.75) is 20.0 Å². The Balaban J connectivity index is 3.00. The second-order valence-corrected chi connectivity index (χ2v) is 6.00. The molecule has 0 N–H and O–H groups in total. The monoisotopic (exact) mass is 260 g/mol. The van der Waals surface area contributed by atoms with E-state index in [-0.39, 0.29) is 6.10 Å². The smallest absolute Gasteiger partial charge is 0.254 e. The predicted octanol–water partition coefficient (Wildman–Crippen LogP) is 3.01. The van der Waals surface area contributed by atoms with Crippen LogP contribution in [-0.4, -0.2) is 14.5 Å². The van der Waals surface area contributed by atoms with Crippen molar-refractivity contribution in [1.29, 1.82) is 0 Å². The molecular formula is C11H13ClO3S. The van der Waals surface area contributed by atoms with Crippen molar-refractivity contribution >= 4 is 25.8 Å². The molecule has 0 radical (unpaired) electrons. The van der Waals surface area contributed by atoms with Crippen molar-refractivity contribution in [1.82, 2.24) is 0 Å². The average Bonchev–Trinajstić information content (AvgIpc) is 2.14. The minimum atomic E-state index is -3.63. The van der Waals surface area contributed by atoms with E-state index < -0.39 is 9.05 Å². The maximum absolute atomic E-state index is 10.8. The average molecular weight is 261 g/mol. The molecule has 0 aliphatic heterocycles. The van der Waals surface area contributed by atoms with Crippen LogP contribution >= 0.6 is 10.7 Å². The highest BCUT2D eigenvalue weighted by Gasteiger charge is 2.03. The van der Waals surface area contributed by atoms with Crippen molar-refractivity contribution in [3.05, 3.63) is 35.2 Å². The number of halogens is 1. The molecule has 1 aromatic rings. The van der Waals surface area contributed by atoms with E-state index in [9.17, 15) is 8.42 Å². The molecular weight excluding hydrogens is 248 g/mol. The van der Waals surface area contributed by atoms with Gasteiger partial charge in [-0.1, -0.05) is 18.2 Å². The van der Waals surface area contributed by atoms with Crippen LogP contribution in [-0.2, 0) is 9.05 Å². The first-order chi connectivity index (χ1) is 7.38. The molecule has 0 heterocycles. The Morgan fingerprint density at radius 3 is 2.50 bits per heavy atom. The fraction of sp³-hybridized carbons (Fsp3) is 0.273. The molecule has 88 valence electrons. The summed E-state index contributed by atoms with van der Waals surface area (Å²) in [7, 11) is 1.45. The Kier molecular flexibility index (Phi) is 4.38. The lowest BCUT2D eigenvalue weighted by Gasteiger charge is -2.11. The number of ether oxygens (including phenoxy) is 1. The first-order valence-corrected chi connectivity index (χ1v) is 7.14. The van der Waals surface area contributed by atoms with Gasteiger partial charge in [0.25, 0.3) is 9.05 Å². The molecule has 0 spiro atoms. The van der Waals surface area contributed by atoms with Gasteiger partial charge in [-0.25, -0.2) is 8.42 Å². The maximum Gasteiger partial charge on any atom is 0.254 e. The highest BCUT2D eigenvalue weighted by atomic mass is 35.7. The summed E-state index contributed by atoms with van der Waals surface area (Å²) in [6.45, 7) is 3.80. The summed E-state index contributed by atoms with van der Waals surface area (Å²) in [6, 6.07) is 7.16. The third-order valence-corrected chi connectivity index (χ3v) is 2.46. The van der Waals surface area contributed by atoms with Crippen molar-refractivity contribution in [2.75, 3.05) is 0 Å². The van der Waals surface area contributed by atoms with Crippen LogP contribution in [0.5, 0.6) is 5.75 Å². The Labute approximate surface area is 100 Å². The van der Waals surface area contributed by atoms with E-state index in [0.717, 1.165) is 5.41 Å². The highest BCUT2D eigenvalue weighted by Crippen LogP contribution is 2.21. The number of hydrogen-bond donors (Lipinski definition) is 0. The quantitative estimate of drug-likeness (QED) is 0.782. The highest BCUT2D eigenvalue weighted by molar-refractivity contribution is 8.16. The van der Waals surface area contributed by atoms with Crippen LogP contribution in [0.3, 0.4) is 0 Å². The molecule has 16 heavy (non-hydrogen) atoms. The molecule has 0 saturated carbocycles. The molecule has 1 aromatic carbocycles. The van der Waals surface area contributed by atoms with Gasteiger partial charge in [0.2, 0.25) is 0 Å². The van der Waals surface area contributed by atoms with Gasteiger partial charge in [0.1, 0.15) is 5.75 Å². The molecule has 0 aromatic heterocycles. The van der Waals surface area contributed by atoms with E-state index in [0.29, 0.717) is 11.3 Å². The van der Waals surface area contributed by atoms with Crippen LogP contribution in [0.2, 0.25) is 0 Å². The largest absolute Gasteiger partial charge is 0.490 e. The lowest BCUT2D eigenvalue weighted by molar-refractivity contribution is 0.242. The molecule has 0 fully saturated rings. The summed E-state index contributed by atoms with van der Waals surface area (Å²) in [5, 5.41) is 0.942. The number of hydrogen-bond acceptors (Lipinski definition) is 3. The molecule has 0 saturated heterocycles. The van der Waals surface area contributed by atoms with E-state index in [1.807, 2.05) is 19.9 Å². The Hall–Kier alpha value is -1.00. The summed E-state index contributed by atoms with van der Waals surface area (Å²) < 4.78 is 27.1. The van der Waals surface area contributed by atoms with Gasteiger partial charge in [-0.3, -0.25) is 0 Å². The maximum atomic E-state index is 10.8. The van der Waals surface area contributed by atoms with Gasteiger partial charge in [-0.15, -0.1) is 0 Å². The molecule has 0 amide bonds. The number of benzene rings is 1. The van der Waals surface area contributed by atoms with Gasteiger partial charge < -0.3 is 4.74 Å². The molecule has 0 aliphatic carbocycles. The topological polar surface area (TPSA) is 43.4 Å². The van der Waals surface area contributed by atoms with Gasteiger partial charge in [-0.05, 0) is 26.0 Å². The normalized spacial score (nSPS) is 12.2.